The number of sulfonamides is 1. The number of benzene rings is 1. The molecule has 2 heterocycles. The van der Waals surface area contributed by atoms with E-state index in [2.05, 4.69) is 27.3 Å². The minimum atomic E-state index is -3.38. The zero-order chi connectivity index (χ0) is 21.0. The van der Waals surface area contributed by atoms with Gasteiger partial charge in [0.1, 0.15) is 9.96 Å². The van der Waals surface area contributed by atoms with Crippen LogP contribution in [0.25, 0.3) is 0 Å². The van der Waals surface area contributed by atoms with Gasteiger partial charge in [-0.3, -0.25) is 4.99 Å². The van der Waals surface area contributed by atoms with Gasteiger partial charge in [0.25, 0.3) is 10.0 Å². The van der Waals surface area contributed by atoms with Crippen LogP contribution in [0.5, 0.6) is 5.75 Å². The lowest BCUT2D eigenvalue weighted by Gasteiger charge is -2.21. The van der Waals surface area contributed by atoms with Gasteiger partial charge in [0.05, 0.1) is 13.7 Å². The molecule has 3 rings (SSSR count). The quantitative estimate of drug-likeness (QED) is 0.557. The van der Waals surface area contributed by atoms with Gasteiger partial charge in [-0.1, -0.05) is 12.1 Å². The van der Waals surface area contributed by atoms with Crippen LogP contribution >= 0.6 is 11.3 Å². The lowest BCUT2D eigenvalue weighted by atomic mass is 9.98. The SMILES string of the molecule is CN=C(NCc1ccc(S(=O)(=O)N(C)C)s1)N1CCC(c2ccc(OC)cc2)C1. The lowest BCUT2D eigenvalue weighted by molar-refractivity contribution is 0.414. The van der Waals surface area contributed by atoms with Crippen LogP contribution in [-0.4, -0.2) is 64.9 Å². The average Bonchev–Trinajstić information content (AvgIpc) is 3.39. The standard InChI is InChI=1S/C20H28N4O3S2/c1-21-20(22-13-18-9-10-19(28-18)29(25,26)23(2)3)24-12-11-16(14-24)15-5-7-17(27-4)8-6-15/h5-10,16H,11-14H2,1-4H3,(H,21,22). The van der Waals surface area contributed by atoms with Crippen molar-refractivity contribution in [1.29, 1.82) is 0 Å². The first kappa shape index (κ1) is 21.6. The molecule has 0 radical (unpaired) electrons. The van der Waals surface area contributed by atoms with Crippen LogP contribution in [0.15, 0.2) is 45.6 Å². The largest absolute Gasteiger partial charge is 0.497 e. The van der Waals surface area contributed by atoms with Crippen LogP contribution < -0.4 is 10.1 Å². The number of likely N-dealkylation sites (tertiary alicyclic amines) is 1. The van der Waals surface area contributed by atoms with E-state index in [1.54, 1.807) is 34.3 Å². The Morgan fingerprint density at radius 1 is 1.28 bits per heavy atom. The first-order valence-corrected chi connectivity index (χ1v) is 11.7. The molecule has 1 aromatic heterocycles. The summed E-state index contributed by atoms with van der Waals surface area (Å²) in [5.41, 5.74) is 1.31. The molecule has 1 unspecified atom stereocenters. The summed E-state index contributed by atoms with van der Waals surface area (Å²) >= 11 is 1.29. The fraction of sp³-hybridized carbons (Fsp3) is 0.450. The Morgan fingerprint density at radius 2 is 2.00 bits per heavy atom. The zero-order valence-corrected chi connectivity index (χ0v) is 18.9. The molecule has 0 saturated carbocycles. The molecule has 2 aromatic rings. The molecule has 0 aliphatic carbocycles. The third-order valence-electron chi connectivity index (χ3n) is 5.08. The molecular formula is C20H28N4O3S2. The van der Waals surface area contributed by atoms with Crippen molar-refractivity contribution < 1.29 is 13.2 Å². The predicted octanol–water partition coefficient (Wildman–Crippen LogP) is 2.57. The Kier molecular flexibility index (Phi) is 6.81. The highest BCUT2D eigenvalue weighted by Crippen LogP contribution is 2.29. The van der Waals surface area contributed by atoms with E-state index in [9.17, 15) is 8.42 Å². The van der Waals surface area contributed by atoms with Gasteiger partial charge in [-0.25, -0.2) is 12.7 Å². The number of hydrogen-bond donors (Lipinski definition) is 1. The lowest BCUT2D eigenvalue weighted by Crippen LogP contribution is -2.39. The summed E-state index contributed by atoms with van der Waals surface area (Å²) < 4.78 is 31.3. The maximum Gasteiger partial charge on any atom is 0.252 e. The van der Waals surface area contributed by atoms with E-state index < -0.39 is 10.0 Å². The molecule has 1 fully saturated rings. The third-order valence-corrected chi connectivity index (χ3v) is 8.45. The Balaban J connectivity index is 1.59. The van der Waals surface area contributed by atoms with Crippen molar-refractivity contribution in [3.8, 4) is 5.75 Å². The number of guanidine groups is 1. The fourth-order valence-electron chi connectivity index (χ4n) is 3.37. The smallest absolute Gasteiger partial charge is 0.252 e. The average molecular weight is 437 g/mol. The van der Waals surface area contributed by atoms with Gasteiger partial charge < -0.3 is 15.0 Å². The Morgan fingerprint density at radius 3 is 2.62 bits per heavy atom. The second-order valence-electron chi connectivity index (χ2n) is 7.11. The molecule has 1 N–H and O–H groups in total. The number of rotatable bonds is 6. The van der Waals surface area contributed by atoms with Crippen molar-refractivity contribution in [2.45, 2.75) is 23.1 Å². The fourth-order valence-corrected chi connectivity index (χ4v) is 5.84. The minimum absolute atomic E-state index is 0.357. The van der Waals surface area contributed by atoms with Crippen LogP contribution in [0.2, 0.25) is 0 Å². The monoisotopic (exact) mass is 436 g/mol. The molecule has 158 valence electrons. The summed E-state index contributed by atoms with van der Waals surface area (Å²) in [5, 5.41) is 3.37. The van der Waals surface area contributed by atoms with Crippen molar-refractivity contribution in [1.82, 2.24) is 14.5 Å². The van der Waals surface area contributed by atoms with Crippen LogP contribution in [-0.2, 0) is 16.6 Å². The summed E-state index contributed by atoms with van der Waals surface area (Å²) in [4.78, 5) is 7.62. The van der Waals surface area contributed by atoms with Crippen LogP contribution in [0.3, 0.4) is 0 Å². The number of nitrogens with one attached hydrogen (secondary N) is 1. The molecular weight excluding hydrogens is 408 g/mol. The van der Waals surface area contributed by atoms with Gasteiger partial charge in [-0.05, 0) is 36.2 Å². The molecule has 29 heavy (non-hydrogen) atoms. The molecule has 1 aliphatic rings. The van der Waals surface area contributed by atoms with E-state index >= 15 is 0 Å². The number of ether oxygens (including phenoxy) is 1. The van der Waals surface area contributed by atoms with Crippen molar-refractivity contribution in [2.75, 3.05) is 41.3 Å². The van der Waals surface area contributed by atoms with E-state index in [-0.39, 0.29) is 0 Å². The number of methoxy groups -OCH3 is 1. The second-order valence-corrected chi connectivity index (χ2v) is 10.7. The number of hydrogen-bond acceptors (Lipinski definition) is 5. The zero-order valence-electron chi connectivity index (χ0n) is 17.3. The minimum Gasteiger partial charge on any atom is -0.497 e. The predicted molar refractivity (Wildman–Crippen MR) is 117 cm³/mol. The van der Waals surface area contributed by atoms with Crippen molar-refractivity contribution in [3.05, 3.63) is 46.8 Å². The van der Waals surface area contributed by atoms with Gasteiger partial charge >= 0.3 is 0 Å². The van der Waals surface area contributed by atoms with Gasteiger partial charge in [0.15, 0.2) is 5.96 Å². The summed E-state index contributed by atoms with van der Waals surface area (Å²) in [5.74, 6) is 2.16. The Labute approximate surface area is 177 Å². The van der Waals surface area contributed by atoms with Crippen molar-refractivity contribution in [3.63, 3.8) is 0 Å². The molecule has 1 saturated heterocycles. The highest BCUT2D eigenvalue weighted by molar-refractivity contribution is 7.91. The Hall–Kier alpha value is -2.10. The van der Waals surface area contributed by atoms with Gasteiger partial charge in [0, 0.05) is 45.0 Å². The molecule has 7 nitrogen and oxygen atoms in total. The first-order valence-electron chi connectivity index (χ1n) is 9.46. The number of nitrogens with zero attached hydrogens (tertiary/aromatic N) is 3. The normalized spacial score (nSPS) is 17.8. The van der Waals surface area contributed by atoms with Crippen LogP contribution in [0.1, 0.15) is 22.8 Å². The molecule has 1 atom stereocenters. The van der Waals surface area contributed by atoms with Gasteiger partial charge in [0.2, 0.25) is 0 Å². The highest BCUT2D eigenvalue weighted by atomic mass is 32.2. The molecule has 9 heteroatoms. The number of aliphatic imine (C=N–C) groups is 1. The van der Waals surface area contributed by atoms with Crippen LogP contribution in [0.4, 0.5) is 0 Å². The van der Waals surface area contributed by atoms with Crippen molar-refractivity contribution >= 4 is 27.3 Å². The second kappa shape index (κ2) is 9.15. The molecule has 1 aromatic carbocycles. The van der Waals surface area contributed by atoms with Crippen molar-refractivity contribution in [2.24, 2.45) is 4.99 Å². The van der Waals surface area contributed by atoms with E-state index in [1.165, 1.54) is 21.2 Å². The summed E-state index contributed by atoms with van der Waals surface area (Å²) in [6, 6.07) is 11.8. The van der Waals surface area contributed by atoms with Crippen LogP contribution in [0, 0.1) is 0 Å². The summed E-state index contributed by atoms with van der Waals surface area (Å²) in [6.07, 6.45) is 1.07. The van der Waals surface area contributed by atoms with E-state index in [1.807, 2.05) is 18.2 Å². The van der Waals surface area contributed by atoms with Gasteiger partial charge in [-0.15, -0.1) is 11.3 Å². The molecule has 0 bridgehead atoms. The topological polar surface area (TPSA) is 74.2 Å². The molecule has 1 aliphatic heterocycles. The maximum absolute atomic E-state index is 12.2. The summed E-state index contributed by atoms with van der Waals surface area (Å²) in [7, 11) is 3.15. The van der Waals surface area contributed by atoms with E-state index in [0.717, 1.165) is 36.1 Å². The molecule has 0 amide bonds. The third kappa shape index (κ3) is 4.91. The van der Waals surface area contributed by atoms with Gasteiger partial charge in [-0.2, -0.15) is 0 Å². The number of thiophene rings is 1. The van der Waals surface area contributed by atoms with E-state index in [0.29, 0.717) is 16.7 Å². The summed E-state index contributed by atoms with van der Waals surface area (Å²) in [6.45, 7) is 2.38. The first-order chi connectivity index (χ1) is 13.8. The van der Waals surface area contributed by atoms with E-state index in [4.69, 9.17) is 4.74 Å². The molecule has 0 spiro atoms. The highest BCUT2D eigenvalue weighted by Gasteiger charge is 2.26. The maximum atomic E-state index is 12.2. The Bertz CT molecular complexity index is 952.